The fourth-order valence-corrected chi connectivity index (χ4v) is 2.54. The van der Waals surface area contributed by atoms with E-state index >= 15 is 0 Å². The van der Waals surface area contributed by atoms with Crippen molar-refractivity contribution in [3.63, 3.8) is 0 Å². The number of ketones is 1. The first-order chi connectivity index (χ1) is 8.21. The van der Waals surface area contributed by atoms with Crippen LogP contribution in [0.4, 0.5) is 0 Å². The van der Waals surface area contributed by atoms with E-state index in [-0.39, 0.29) is 18.6 Å². The van der Waals surface area contributed by atoms with Gasteiger partial charge in [0.1, 0.15) is 0 Å². The maximum Gasteiger partial charge on any atom is 0.303 e. The molecule has 0 bridgehead atoms. The third-order valence-electron chi connectivity index (χ3n) is 2.50. The molecule has 0 saturated carbocycles. The van der Waals surface area contributed by atoms with E-state index in [2.05, 4.69) is 31.9 Å². The van der Waals surface area contributed by atoms with Gasteiger partial charge < -0.3 is 5.11 Å². The van der Waals surface area contributed by atoms with Crippen LogP contribution < -0.4 is 0 Å². The van der Waals surface area contributed by atoms with Crippen molar-refractivity contribution >= 4 is 43.6 Å². The van der Waals surface area contributed by atoms with Gasteiger partial charge in [0.15, 0.2) is 5.78 Å². The molecule has 0 unspecified atom stereocenters. The van der Waals surface area contributed by atoms with Crippen molar-refractivity contribution in [2.75, 3.05) is 0 Å². The van der Waals surface area contributed by atoms with Gasteiger partial charge in [0.2, 0.25) is 0 Å². The van der Waals surface area contributed by atoms with Gasteiger partial charge >= 0.3 is 5.97 Å². The van der Waals surface area contributed by atoms with Crippen LogP contribution in [0, 0.1) is 5.41 Å². The lowest BCUT2D eigenvalue weighted by Gasteiger charge is -2.21. The van der Waals surface area contributed by atoms with Gasteiger partial charge in [-0.15, -0.1) is 0 Å². The van der Waals surface area contributed by atoms with Crippen LogP contribution in [0.3, 0.4) is 0 Å². The number of aliphatic carboxylic acids is 1. The maximum absolute atomic E-state index is 12.2. The summed E-state index contributed by atoms with van der Waals surface area (Å²) in [6, 6.07) is 5.37. The van der Waals surface area contributed by atoms with Crippen LogP contribution in [0.5, 0.6) is 0 Å². The number of hydrogen-bond acceptors (Lipinski definition) is 2. The standard InChI is InChI=1S/C13H14Br2O3/c1-13(2,7-12(17)18)6-11(16)9-5-8(14)3-4-10(9)15/h3-5H,6-7H2,1-2H3,(H,17,18). The summed E-state index contributed by atoms with van der Waals surface area (Å²) in [7, 11) is 0. The van der Waals surface area contributed by atoms with Crippen LogP contribution in [0.2, 0.25) is 0 Å². The first kappa shape index (κ1) is 15.4. The second kappa shape index (κ2) is 5.97. The molecular formula is C13H14Br2O3. The van der Waals surface area contributed by atoms with Gasteiger partial charge in [0, 0.05) is 20.9 Å². The second-order valence-corrected chi connectivity index (χ2v) is 6.73. The molecule has 0 radical (unpaired) electrons. The van der Waals surface area contributed by atoms with E-state index in [9.17, 15) is 9.59 Å². The molecule has 18 heavy (non-hydrogen) atoms. The van der Waals surface area contributed by atoms with Crippen LogP contribution in [-0.4, -0.2) is 16.9 Å². The molecule has 0 aliphatic rings. The molecular weight excluding hydrogens is 364 g/mol. The number of Topliss-reactive ketones (excluding diaryl/α,β-unsaturated/α-hetero) is 1. The van der Waals surface area contributed by atoms with Crippen molar-refractivity contribution in [1.82, 2.24) is 0 Å². The van der Waals surface area contributed by atoms with E-state index in [0.29, 0.717) is 5.56 Å². The predicted molar refractivity (Wildman–Crippen MR) is 76.8 cm³/mol. The van der Waals surface area contributed by atoms with Gasteiger partial charge in [-0.05, 0) is 23.6 Å². The molecule has 0 saturated heterocycles. The Hall–Kier alpha value is -0.680. The largest absolute Gasteiger partial charge is 0.481 e. The summed E-state index contributed by atoms with van der Waals surface area (Å²) in [5.41, 5.74) is 0.0212. The van der Waals surface area contributed by atoms with Crippen molar-refractivity contribution in [3.8, 4) is 0 Å². The van der Waals surface area contributed by atoms with E-state index < -0.39 is 11.4 Å². The minimum Gasteiger partial charge on any atom is -0.481 e. The molecule has 3 nitrogen and oxygen atoms in total. The first-order valence-corrected chi connectivity index (χ1v) is 7.00. The third kappa shape index (κ3) is 4.53. The minimum atomic E-state index is -0.888. The van der Waals surface area contributed by atoms with Crippen molar-refractivity contribution in [2.45, 2.75) is 26.7 Å². The number of carbonyl (C=O) groups is 2. The third-order valence-corrected chi connectivity index (χ3v) is 3.68. The van der Waals surface area contributed by atoms with Gasteiger partial charge in [-0.3, -0.25) is 9.59 Å². The number of halogens is 2. The first-order valence-electron chi connectivity index (χ1n) is 5.41. The van der Waals surface area contributed by atoms with Gasteiger partial charge in [-0.1, -0.05) is 45.7 Å². The van der Waals surface area contributed by atoms with E-state index in [1.165, 1.54) is 0 Å². The fourth-order valence-electron chi connectivity index (χ4n) is 1.71. The lowest BCUT2D eigenvalue weighted by atomic mass is 9.82. The van der Waals surface area contributed by atoms with Gasteiger partial charge in [0.05, 0.1) is 6.42 Å². The molecule has 1 aromatic carbocycles. The molecule has 0 heterocycles. The Balaban J connectivity index is 2.88. The normalized spacial score (nSPS) is 11.3. The van der Waals surface area contributed by atoms with Gasteiger partial charge in [-0.2, -0.15) is 0 Å². The van der Waals surface area contributed by atoms with Gasteiger partial charge in [-0.25, -0.2) is 0 Å². The highest BCUT2D eigenvalue weighted by atomic mass is 79.9. The SMILES string of the molecule is CC(C)(CC(=O)O)CC(=O)c1cc(Br)ccc1Br. The number of carboxylic acid groups (broad SMARTS) is 1. The molecule has 0 spiro atoms. The second-order valence-electron chi connectivity index (χ2n) is 4.96. The number of carboxylic acids is 1. The van der Waals surface area contributed by atoms with Crippen molar-refractivity contribution in [1.29, 1.82) is 0 Å². The Morgan fingerprint density at radius 2 is 1.83 bits per heavy atom. The highest BCUT2D eigenvalue weighted by Gasteiger charge is 2.26. The van der Waals surface area contributed by atoms with Crippen LogP contribution in [0.1, 0.15) is 37.0 Å². The number of rotatable bonds is 5. The summed E-state index contributed by atoms with van der Waals surface area (Å²) in [5, 5.41) is 8.80. The lowest BCUT2D eigenvalue weighted by molar-refractivity contribution is -0.139. The molecule has 1 rings (SSSR count). The Kier molecular flexibility index (Phi) is 5.10. The molecule has 1 aromatic rings. The average Bonchev–Trinajstić information content (AvgIpc) is 2.18. The van der Waals surface area contributed by atoms with Crippen LogP contribution in [0.25, 0.3) is 0 Å². The van der Waals surface area contributed by atoms with Crippen LogP contribution in [-0.2, 0) is 4.79 Å². The summed E-state index contributed by atoms with van der Waals surface area (Å²) < 4.78 is 1.55. The zero-order valence-corrected chi connectivity index (χ0v) is 13.3. The Labute approximate surface area is 123 Å². The van der Waals surface area contributed by atoms with Crippen molar-refractivity contribution in [2.24, 2.45) is 5.41 Å². The molecule has 0 fully saturated rings. The van der Waals surface area contributed by atoms with E-state index in [1.807, 2.05) is 6.07 Å². The van der Waals surface area contributed by atoms with Gasteiger partial charge in [0.25, 0.3) is 0 Å². The molecule has 0 aliphatic carbocycles. The predicted octanol–water partition coefficient (Wildman–Crippen LogP) is 4.29. The highest BCUT2D eigenvalue weighted by molar-refractivity contribution is 9.11. The molecule has 0 atom stereocenters. The molecule has 0 aromatic heterocycles. The lowest BCUT2D eigenvalue weighted by Crippen LogP contribution is -2.21. The van der Waals surface area contributed by atoms with Crippen molar-refractivity contribution < 1.29 is 14.7 Å². The van der Waals surface area contributed by atoms with Crippen LogP contribution in [0.15, 0.2) is 27.1 Å². The van der Waals surface area contributed by atoms with Crippen molar-refractivity contribution in [3.05, 3.63) is 32.7 Å². The topological polar surface area (TPSA) is 54.4 Å². The summed E-state index contributed by atoms with van der Waals surface area (Å²) >= 11 is 6.65. The van der Waals surface area contributed by atoms with E-state index in [1.54, 1.807) is 26.0 Å². The van der Waals surface area contributed by atoms with Crippen LogP contribution >= 0.6 is 31.9 Å². The zero-order chi connectivity index (χ0) is 13.9. The minimum absolute atomic E-state index is 0.0235. The Morgan fingerprint density at radius 3 is 2.39 bits per heavy atom. The molecule has 0 aliphatic heterocycles. The Bertz CT molecular complexity index is 481. The molecule has 98 valence electrons. The number of carbonyl (C=O) groups excluding carboxylic acids is 1. The number of hydrogen-bond donors (Lipinski definition) is 1. The monoisotopic (exact) mass is 376 g/mol. The smallest absolute Gasteiger partial charge is 0.303 e. The molecule has 5 heteroatoms. The zero-order valence-electron chi connectivity index (χ0n) is 10.2. The summed E-state index contributed by atoms with van der Waals surface area (Å²) in [6.45, 7) is 3.57. The molecule has 1 N–H and O–H groups in total. The number of benzene rings is 1. The molecule has 0 amide bonds. The quantitative estimate of drug-likeness (QED) is 0.779. The fraction of sp³-hybridized carbons (Fsp3) is 0.385. The average molecular weight is 378 g/mol. The maximum atomic E-state index is 12.2. The summed E-state index contributed by atoms with van der Waals surface area (Å²) in [4.78, 5) is 22.9. The highest BCUT2D eigenvalue weighted by Crippen LogP contribution is 2.30. The summed E-state index contributed by atoms with van der Waals surface area (Å²) in [6.07, 6.45) is 0.179. The van der Waals surface area contributed by atoms with E-state index in [4.69, 9.17) is 5.11 Å². The van der Waals surface area contributed by atoms with E-state index in [0.717, 1.165) is 8.95 Å². The summed E-state index contributed by atoms with van der Waals surface area (Å²) in [5.74, 6) is -0.949. The Morgan fingerprint density at radius 1 is 1.22 bits per heavy atom.